The highest BCUT2D eigenvalue weighted by atomic mass is 16.5. The van der Waals surface area contributed by atoms with Gasteiger partial charge in [-0.2, -0.15) is 0 Å². The van der Waals surface area contributed by atoms with Crippen molar-refractivity contribution in [1.29, 1.82) is 0 Å². The van der Waals surface area contributed by atoms with Gasteiger partial charge in [-0.05, 0) is 26.3 Å². The largest absolute Gasteiger partial charge is 0.502 e. The van der Waals surface area contributed by atoms with E-state index in [1.165, 1.54) is 6.07 Å². The van der Waals surface area contributed by atoms with Crippen molar-refractivity contribution in [3.8, 4) is 5.75 Å². The summed E-state index contributed by atoms with van der Waals surface area (Å²) in [4.78, 5) is 25.1. The van der Waals surface area contributed by atoms with Gasteiger partial charge in [0, 0.05) is 12.6 Å². The Morgan fingerprint density at radius 1 is 1.60 bits per heavy atom. The molecule has 0 saturated carbocycles. The monoisotopic (exact) mass is 281 g/mol. The van der Waals surface area contributed by atoms with Crippen molar-refractivity contribution in [3.63, 3.8) is 0 Å². The highest BCUT2D eigenvalue weighted by Crippen LogP contribution is 2.19. The maximum atomic E-state index is 11.7. The smallest absolute Gasteiger partial charge is 0.310 e. The minimum atomic E-state index is -0.454. The van der Waals surface area contributed by atoms with Crippen LogP contribution in [-0.4, -0.2) is 35.7 Å². The van der Waals surface area contributed by atoms with Crippen LogP contribution < -0.4 is 5.43 Å². The van der Waals surface area contributed by atoms with Crippen LogP contribution in [0.15, 0.2) is 21.5 Å². The highest BCUT2D eigenvalue weighted by molar-refractivity contribution is 5.72. The number of esters is 1. The number of ether oxygens (including phenoxy) is 1. The summed E-state index contributed by atoms with van der Waals surface area (Å²) in [6, 6.07) is 1.28. The number of likely N-dealkylation sites (tertiary alicyclic amines) is 1. The molecule has 0 amide bonds. The lowest BCUT2D eigenvalue weighted by atomic mass is 9.98. The van der Waals surface area contributed by atoms with Gasteiger partial charge in [-0.3, -0.25) is 14.5 Å². The van der Waals surface area contributed by atoms with Gasteiger partial charge in [0.05, 0.1) is 19.1 Å². The van der Waals surface area contributed by atoms with Gasteiger partial charge in [-0.25, -0.2) is 0 Å². The first-order valence-corrected chi connectivity index (χ1v) is 6.80. The number of carbonyl (C=O) groups is 1. The highest BCUT2D eigenvalue weighted by Gasteiger charge is 2.27. The lowest BCUT2D eigenvalue weighted by Crippen LogP contribution is -2.39. The molecule has 0 unspecified atom stereocenters. The lowest BCUT2D eigenvalue weighted by molar-refractivity contribution is -0.150. The Bertz CT molecular complexity index is 525. The fourth-order valence-corrected chi connectivity index (χ4v) is 2.40. The molecule has 2 rings (SSSR count). The molecule has 1 aliphatic heterocycles. The zero-order valence-electron chi connectivity index (χ0n) is 11.5. The third-order valence-corrected chi connectivity index (χ3v) is 3.37. The van der Waals surface area contributed by atoms with Crippen molar-refractivity contribution in [2.24, 2.45) is 5.92 Å². The molecule has 0 aromatic carbocycles. The van der Waals surface area contributed by atoms with Crippen molar-refractivity contribution in [1.82, 2.24) is 4.90 Å². The van der Waals surface area contributed by atoms with E-state index in [0.29, 0.717) is 25.5 Å². The fourth-order valence-electron chi connectivity index (χ4n) is 2.40. The SMILES string of the molecule is CCOC(=O)[C@@H]1CCCN(Cc2cc(=O)c(O)co2)C1. The maximum Gasteiger partial charge on any atom is 0.310 e. The van der Waals surface area contributed by atoms with Gasteiger partial charge >= 0.3 is 5.97 Å². The maximum absolute atomic E-state index is 11.7. The van der Waals surface area contributed by atoms with E-state index < -0.39 is 11.2 Å². The molecule has 1 aliphatic rings. The van der Waals surface area contributed by atoms with Crippen molar-refractivity contribution in [3.05, 3.63) is 28.3 Å². The van der Waals surface area contributed by atoms with Gasteiger partial charge in [0.2, 0.25) is 5.43 Å². The van der Waals surface area contributed by atoms with E-state index in [1.54, 1.807) is 6.92 Å². The molecule has 0 bridgehead atoms. The molecule has 1 aromatic heterocycles. The van der Waals surface area contributed by atoms with Crippen molar-refractivity contribution in [2.45, 2.75) is 26.3 Å². The number of hydrogen-bond donors (Lipinski definition) is 1. The molecule has 1 aromatic rings. The third-order valence-electron chi connectivity index (χ3n) is 3.37. The fraction of sp³-hybridized carbons (Fsp3) is 0.571. The van der Waals surface area contributed by atoms with Crippen molar-refractivity contribution >= 4 is 5.97 Å². The van der Waals surface area contributed by atoms with Gasteiger partial charge in [0.15, 0.2) is 5.75 Å². The van der Waals surface area contributed by atoms with Gasteiger partial charge < -0.3 is 14.3 Å². The number of rotatable bonds is 4. The Morgan fingerprint density at radius 3 is 3.10 bits per heavy atom. The summed E-state index contributed by atoms with van der Waals surface area (Å²) in [5.41, 5.74) is -0.454. The van der Waals surface area contributed by atoms with Crippen LogP contribution >= 0.6 is 0 Å². The zero-order valence-corrected chi connectivity index (χ0v) is 11.5. The molecule has 0 aliphatic carbocycles. The molecule has 1 N–H and O–H groups in total. The van der Waals surface area contributed by atoms with Crippen LogP contribution in [0.5, 0.6) is 5.75 Å². The molecule has 1 fully saturated rings. The first-order valence-electron chi connectivity index (χ1n) is 6.80. The van der Waals surface area contributed by atoms with Crippen LogP contribution in [0.2, 0.25) is 0 Å². The van der Waals surface area contributed by atoms with Crippen LogP contribution in [0.4, 0.5) is 0 Å². The topological polar surface area (TPSA) is 80.0 Å². The summed E-state index contributed by atoms with van der Waals surface area (Å²) in [5, 5.41) is 9.14. The molecule has 20 heavy (non-hydrogen) atoms. The molecular weight excluding hydrogens is 262 g/mol. The van der Waals surface area contributed by atoms with E-state index >= 15 is 0 Å². The normalized spacial score (nSPS) is 19.8. The Morgan fingerprint density at radius 2 is 2.40 bits per heavy atom. The standard InChI is InChI=1S/C14H19NO5/c1-2-19-14(18)10-4-3-5-15(7-10)8-11-6-12(16)13(17)9-20-11/h6,9-10,17H,2-5,7-8H2,1H3/t10-/m1/s1. The Hall–Kier alpha value is -1.82. The van der Waals surface area contributed by atoms with Gasteiger partial charge in [0.25, 0.3) is 0 Å². The number of aromatic hydroxyl groups is 1. The summed E-state index contributed by atoms with van der Waals surface area (Å²) in [7, 11) is 0. The van der Waals surface area contributed by atoms with Gasteiger partial charge in [0.1, 0.15) is 12.0 Å². The van der Waals surface area contributed by atoms with Crippen LogP contribution in [0.25, 0.3) is 0 Å². The van der Waals surface area contributed by atoms with E-state index in [9.17, 15) is 9.59 Å². The molecule has 6 nitrogen and oxygen atoms in total. The predicted molar refractivity (Wildman–Crippen MR) is 71.3 cm³/mol. The Balaban J connectivity index is 1.97. The van der Waals surface area contributed by atoms with Crippen LogP contribution in [0.3, 0.4) is 0 Å². The quantitative estimate of drug-likeness (QED) is 0.833. The molecular formula is C14H19NO5. The zero-order chi connectivity index (χ0) is 14.5. The van der Waals surface area contributed by atoms with E-state index in [4.69, 9.17) is 14.3 Å². The average Bonchev–Trinajstić information content (AvgIpc) is 2.43. The van der Waals surface area contributed by atoms with Gasteiger partial charge in [-0.1, -0.05) is 0 Å². The minimum absolute atomic E-state index is 0.118. The van der Waals surface area contributed by atoms with E-state index in [2.05, 4.69) is 4.90 Å². The summed E-state index contributed by atoms with van der Waals surface area (Å²) >= 11 is 0. The van der Waals surface area contributed by atoms with E-state index in [0.717, 1.165) is 25.6 Å². The minimum Gasteiger partial charge on any atom is -0.502 e. The van der Waals surface area contributed by atoms with Crippen molar-refractivity contribution < 1.29 is 19.1 Å². The van der Waals surface area contributed by atoms with E-state index in [1.807, 2.05) is 0 Å². The number of piperidine rings is 1. The molecule has 2 heterocycles. The number of nitrogens with zero attached hydrogens (tertiary/aromatic N) is 1. The first-order chi connectivity index (χ1) is 9.60. The molecule has 0 radical (unpaired) electrons. The average molecular weight is 281 g/mol. The van der Waals surface area contributed by atoms with Crippen molar-refractivity contribution in [2.75, 3.05) is 19.7 Å². The lowest BCUT2D eigenvalue weighted by Gasteiger charge is -2.30. The van der Waals surface area contributed by atoms with Crippen LogP contribution in [0.1, 0.15) is 25.5 Å². The predicted octanol–water partition coefficient (Wildman–Crippen LogP) is 1.12. The second-order valence-electron chi connectivity index (χ2n) is 4.92. The Labute approximate surface area is 117 Å². The first kappa shape index (κ1) is 14.6. The molecule has 0 spiro atoms. The molecule has 1 atom stereocenters. The van der Waals surface area contributed by atoms with Crippen LogP contribution in [-0.2, 0) is 16.1 Å². The molecule has 1 saturated heterocycles. The molecule has 6 heteroatoms. The summed E-state index contributed by atoms with van der Waals surface area (Å²) < 4.78 is 10.2. The summed E-state index contributed by atoms with van der Waals surface area (Å²) in [5.74, 6) is -0.189. The summed E-state index contributed by atoms with van der Waals surface area (Å²) in [6.45, 7) is 4.08. The second-order valence-corrected chi connectivity index (χ2v) is 4.92. The van der Waals surface area contributed by atoms with E-state index in [-0.39, 0.29) is 11.9 Å². The van der Waals surface area contributed by atoms with Gasteiger partial charge in [-0.15, -0.1) is 0 Å². The number of carbonyl (C=O) groups excluding carboxylic acids is 1. The number of hydrogen-bond acceptors (Lipinski definition) is 6. The molecule has 110 valence electrons. The van der Waals surface area contributed by atoms with Crippen LogP contribution in [0, 0.1) is 5.92 Å². The third kappa shape index (κ3) is 3.60. The second kappa shape index (κ2) is 6.56. The summed E-state index contributed by atoms with van der Waals surface area (Å²) in [6.07, 6.45) is 2.78. The Kier molecular flexibility index (Phi) is 4.79.